The summed E-state index contributed by atoms with van der Waals surface area (Å²) in [7, 11) is 0. The molecule has 0 saturated carbocycles. The summed E-state index contributed by atoms with van der Waals surface area (Å²) < 4.78 is 13.5. The minimum Gasteiger partial charge on any atom is -0.465 e. The highest BCUT2D eigenvalue weighted by atomic mass is 16.5. The lowest BCUT2D eigenvalue weighted by Gasteiger charge is -2.36. The Morgan fingerprint density at radius 3 is 2.79 bits per heavy atom. The van der Waals surface area contributed by atoms with Crippen LogP contribution in [-0.2, 0) is 16.0 Å². The molecule has 1 unspecified atom stereocenters. The van der Waals surface area contributed by atoms with Gasteiger partial charge in [0.1, 0.15) is 6.33 Å². The summed E-state index contributed by atoms with van der Waals surface area (Å²) >= 11 is 0. The molecule has 3 aromatic heterocycles. The van der Waals surface area contributed by atoms with Crippen molar-refractivity contribution >= 4 is 34.0 Å². The number of rotatable bonds is 7. The number of hydrogen-bond donors (Lipinski definition) is 1. The number of benzene rings is 2. The standard InChI is InChI=1S/C31H32N8O4/c40-31(41)38-11-13-42-19-24(38)18-37(17-21-6-2-1-3-7-21)30-32-15-23-14-22(9-10-26(23)36-30)28-25-16-35-39(29(25)34-20-33-28)27-8-4-5-12-43-27/h1-3,6-7,9-10,14-16,20,24,27H,4-5,8,11-13,17-19H2,(H,40,41)/t24-,27?/m1/s1. The first kappa shape index (κ1) is 27.2. The van der Waals surface area contributed by atoms with E-state index in [1.54, 1.807) is 6.33 Å². The second-order valence-electron chi connectivity index (χ2n) is 10.9. The van der Waals surface area contributed by atoms with Gasteiger partial charge in [0.05, 0.1) is 42.0 Å². The molecule has 1 amide bonds. The fraction of sp³-hybridized carbons (Fsp3) is 0.355. The first-order chi connectivity index (χ1) is 21.1. The second kappa shape index (κ2) is 11.9. The number of carboxylic acid groups (broad SMARTS) is 1. The predicted molar refractivity (Wildman–Crippen MR) is 160 cm³/mol. The zero-order valence-electron chi connectivity index (χ0n) is 23.6. The third-order valence-electron chi connectivity index (χ3n) is 8.06. The Labute approximate surface area is 247 Å². The highest BCUT2D eigenvalue weighted by molar-refractivity contribution is 5.93. The molecule has 220 valence electrons. The van der Waals surface area contributed by atoms with E-state index in [1.165, 1.54) is 4.90 Å². The number of amides is 1. The van der Waals surface area contributed by atoms with Crippen LogP contribution in [0.4, 0.5) is 10.7 Å². The van der Waals surface area contributed by atoms with Crippen molar-refractivity contribution in [2.45, 2.75) is 38.1 Å². The molecule has 2 aromatic carbocycles. The monoisotopic (exact) mass is 580 g/mol. The van der Waals surface area contributed by atoms with E-state index in [1.807, 2.05) is 70.5 Å². The molecule has 0 spiro atoms. The lowest BCUT2D eigenvalue weighted by Crippen LogP contribution is -2.53. The summed E-state index contributed by atoms with van der Waals surface area (Å²) in [6, 6.07) is 15.7. The van der Waals surface area contributed by atoms with E-state index in [0.717, 1.165) is 64.6 Å². The number of anilines is 1. The molecule has 12 heteroatoms. The lowest BCUT2D eigenvalue weighted by molar-refractivity contribution is -0.0370. The Bertz CT molecular complexity index is 1740. The predicted octanol–water partition coefficient (Wildman–Crippen LogP) is 4.52. The van der Waals surface area contributed by atoms with Crippen LogP contribution < -0.4 is 4.90 Å². The van der Waals surface area contributed by atoms with Crippen LogP contribution in [-0.4, -0.2) is 84.8 Å². The van der Waals surface area contributed by atoms with Crippen molar-refractivity contribution in [1.29, 1.82) is 0 Å². The molecule has 2 aliphatic heterocycles. The van der Waals surface area contributed by atoms with Crippen molar-refractivity contribution in [3.63, 3.8) is 0 Å². The lowest BCUT2D eigenvalue weighted by atomic mass is 10.1. The molecule has 5 aromatic rings. The minimum atomic E-state index is -0.949. The number of fused-ring (bicyclic) bond motifs is 2. The smallest absolute Gasteiger partial charge is 0.407 e. The number of nitrogens with zero attached hydrogens (tertiary/aromatic N) is 8. The molecule has 0 bridgehead atoms. The number of carbonyl (C=O) groups is 1. The number of hydrogen-bond acceptors (Lipinski definition) is 9. The minimum absolute atomic E-state index is 0.112. The van der Waals surface area contributed by atoms with Gasteiger partial charge in [0.15, 0.2) is 11.9 Å². The molecule has 2 aliphatic rings. The van der Waals surface area contributed by atoms with Gasteiger partial charge < -0.3 is 19.5 Å². The Morgan fingerprint density at radius 1 is 1.05 bits per heavy atom. The largest absolute Gasteiger partial charge is 0.465 e. The highest BCUT2D eigenvalue weighted by Gasteiger charge is 2.30. The van der Waals surface area contributed by atoms with E-state index in [4.69, 9.17) is 19.4 Å². The van der Waals surface area contributed by atoms with Gasteiger partial charge in [-0.2, -0.15) is 5.10 Å². The van der Waals surface area contributed by atoms with Crippen molar-refractivity contribution in [2.75, 3.05) is 37.8 Å². The summed E-state index contributed by atoms with van der Waals surface area (Å²) in [5, 5.41) is 16.1. The van der Waals surface area contributed by atoms with Crippen LogP contribution in [0.3, 0.4) is 0 Å². The molecule has 0 aliphatic carbocycles. The molecule has 12 nitrogen and oxygen atoms in total. The number of ether oxygens (including phenoxy) is 2. The van der Waals surface area contributed by atoms with E-state index < -0.39 is 6.09 Å². The zero-order chi connectivity index (χ0) is 29.2. The van der Waals surface area contributed by atoms with Gasteiger partial charge in [-0.15, -0.1) is 0 Å². The Morgan fingerprint density at radius 2 is 1.95 bits per heavy atom. The average molecular weight is 581 g/mol. The van der Waals surface area contributed by atoms with Crippen LogP contribution in [0.25, 0.3) is 33.2 Å². The summed E-state index contributed by atoms with van der Waals surface area (Å²) in [4.78, 5) is 34.2. The van der Waals surface area contributed by atoms with Crippen LogP contribution in [0.2, 0.25) is 0 Å². The van der Waals surface area contributed by atoms with Crippen LogP contribution in [0.15, 0.2) is 67.3 Å². The molecular weight excluding hydrogens is 548 g/mol. The third-order valence-corrected chi connectivity index (χ3v) is 8.06. The van der Waals surface area contributed by atoms with Crippen molar-refractivity contribution < 1.29 is 19.4 Å². The van der Waals surface area contributed by atoms with Gasteiger partial charge in [-0.05, 0) is 37.0 Å². The highest BCUT2D eigenvalue weighted by Crippen LogP contribution is 2.31. The van der Waals surface area contributed by atoms with Gasteiger partial charge in [-0.3, -0.25) is 4.90 Å². The summed E-state index contributed by atoms with van der Waals surface area (Å²) in [5.74, 6) is 0.526. The maximum atomic E-state index is 11.9. The Balaban J connectivity index is 1.20. The van der Waals surface area contributed by atoms with E-state index >= 15 is 0 Å². The first-order valence-corrected chi connectivity index (χ1v) is 14.6. The molecule has 2 atom stereocenters. The zero-order valence-corrected chi connectivity index (χ0v) is 23.6. The fourth-order valence-electron chi connectivity index (χ4n) is 5.88. The average Bonchev–Trinajstić information content (AvgIpc) is 3.50. The molecule has 43 heavy (non-hydrogen) atoms. The van der Waals surface area contributed by atoms with Gasteiger partial charge in [0.2, 0.25) is 5.95 Å². The number of morpholine rings is 1. The van der Waals surface area contributed by atoms with Gasteiger partial charge in [-0.1, -0.05) is 36.4 Å². The van der Waals surface area contributed by atoms with Crippen LogP contribution in [0.5, 0.6) is 0 Å². The van der Waals surface area contributed by atoms with E-state index in [9.17, 15) is 9.90 Å². The quantitative estimate of drug-likeness (QED) is 0.293. The SMILES string of the molecule is O=C(O)N1CCOC[C@H]1CN(Cc1ccccc1)c1ncc2cc(-c3ncnc4c3cnn4C3CCCCO3)ccc2n1. The molecule has 1 N–H and O–H groups in total. The maximum absolute atomic E-state index is 11.9. The number of aromatic nitrogens is 6. The van der Waals surface area contributed by atoms with Crippen molar-refractivity contribution in [1.82, 2.24) is 34.6 Å². The third kappa shape index (κ3) is 5.58. The van der Waals surface area contributed by atoms with Gasteiger partial charge in [0.25, 0.3) is 0 Å². The van der Waals surface area contributed by atoms with Crippen molar-refractivity contribution in [3.8, 4) is 11.3 Å². The van der Waals surface area contributed by atoms with E-state index in [2.05, 4.69) is 15.1 Å². The van der Waals surface area contributed by atoms with Gasteiger partial charge in [-0.25, -0.2) is 29.4 Å². The maximum Gasteiger partial charge on any atom is 0.407 e. The topological polar surface area (TPSA) is 132 Å². The van der Waals surface area contributed by atoms with Crippen LogP contribution >= 0.6 is 0 Å². The van der Waals surface area contributed by atoms with Crippen molar-refractivity contribution in [2.24, 2.45) is 0 Å². The van der Waals surface area contributed by atoms with Crippen molar-refractivity contribution in [3.05, 3.63) is 72.8 Å². The second-order valence-corrected chi connectivity index (χ2v) is 10.9. The molecule has 7 rings (SSSR count). The summed E-state index contributed by atoms with van der Waals surface area (Å²) in [6.07, 6.45) is 7.21. The van der Waals surface area contributed by atoms with E-state index in [-0.39, 0.29) is 12.3 Å². The van der Waals surface area contributed by atoms with Crippen LogP contribution in [0.1, 0.15) is 31.1 Å². The molecule has 0 radical (unpaired) electrons. The molecule has 5 heterocycles. The molecular formula is C31H32N8O4. The Kier molecular flexibility index (Phi) is 7.52. The van der Waals surface area contributed by atoms with Gasteiger partial charge in [0, 0.05) is 43.4 Å². The Hall–Kier alpha value is -4.68. The van der Waals surface area contributed by atoms with Gasteiger partial charge >= 0.3 is 6.09 Å². The molecule has 2 fully saturated rings. The first-order valence-electron chi connectivity index (χ1n) is 14.6. The summed E-state index contributed by atoms with van der Waals surface area (Å²) in [5.41, 5.74) is 4.31. The fourth-order valence-corrected chi connectivity index (χ4v) is 5.88. The van der Waals surface area contributed by atoms with Crippen LogP contribution in [0, 0.1) is 0 Å². The molecule has 2 saturated heterocycles. The summed E-state index contributed by atoms with van der Waals surface area (Å²) in [6.45, 7) is 2.71. The normalized spacial score (nSPS) is 19.1. The van der Waals surface area contributed by atoms with E-state index in [0.29, 0.717) is 38.8 Å².